The zero-order chi connectivity index (χ0) is 12.3. The molecule has 1 aromatic rings. The lowest BCUT2D eigenvalue weighted by molar-refractivity contribution is 0.0979. The lowest BCUT2D eigenvalue weighted by Gasteiger charge is -2.44. The third kappa shape index (κ3) is 2.24. The minimum atomic E-state index is 0.216. The number of nitrogens with two attached hydrogens (primary N) is 1. The maximum atomic E-state index is 5.90. The summed E-state index contributed by atoms with van der Waals surface area (Å²) < 4.78 is 0. The van der Waals surface area contributed by atoms with Crippen molar-refractivity contribution in [2.75, 3.05) is 14.1 Å². The van der Waals surface area contributed by atoms with Crippen LogP contribution in [0, 0.1) is 0 Å². The summed E-state index contributed by atoms with van der Waals surface area (Å²) in [6.45, 7) is 0.645. The van der Waals surface area contributed by atoms with E-state index in [2.05, 4.69) is 43.3 Å². The standard InChI is InChI=1S/C15H24N2/c1-17(2)15(10-6-3-7-11-15)14-9-5-4-8-13(14)12-16/h4-5,8-9H,3,6-7,10-12,16H2,1-2H3. The van der Waals surface area contributed by atoms with Gasteiger partial charge in [-0.05, 0) is 38.1 Å². The molecule has 1 fully saturated rings. The molecule has 0 amide bonds. The molecule has 2 rings (SSSR count). The summed E-state index contributed by atoms with van der Waals surface area (Å²) >= 11 is 0. The predicted molar refractivity (Wildman–Crippen MR) is 72.8 cm³/mol. The summed E-state index contributed by atoms with van der Waals surface area (Å²) in [7, 11) is 4.41. The summed E-state index contributed by atoms with van der Waals surface area (Å²) in [5.74, 6) is 0. The normalized spacial score (nSPS) is 19.5. The van der Waals surface area contributed by atoms with E-state index >= 15 is 0 Å². The molecule has 2 N–H and O–H groups in total. The zero-order valence-corrected chi connectivity index (χ0v) is 11.1. The highest BCUT2D eigenvalue weighted by Crippen LogP contribution is 2.42. The van der Waals surface area contributed by atoms with Gasteiger partial charge in [-0.2, -0.15) is 0 Å². The number of nitrogens with zero attached hydrogens (tertiary/aromatic N) is 1. The van der Waals surface area contributed by atoms with Gasteiger partial charge < -0.3 is 5.73 Å². The summed E-state index contributed by atoms with van der Waals surface area (Å²) in [6.07, 6.45) is 6.56. The molecule has 0 spiro atoms. The van der Waals surface area contributed by atoms with Gasteiger partial charge in [0.1, 0.15) is 0 Å². The first kappa shape index (κ1) is 12.6. The number of hydrogen-bond donors (Lipinski definition) is 1. The smallest absolute Gasteiger partial charge is 0.0458 e. The van der Waals surface area contributed by atoms with Gasteiger partial charge in [0.05, 0.1) is 0 Å². The number of benzene rings is 1. The van der Waals surface area contributed by atoms with Crippen molar-refractivity contribution in [3.05, 3.63) is 35.4 Å². The third-order valence-corrected chi connectivity index (χ3v) is 4.28. The molecule has 0 unspecified atom stereocenters. The van der Waals surface area contributed by atoms with E-state index in [-0.39, 0.29) is 5.54 Å². The Morgan fingerprint density at radius 1 is 1.12 bits per heavy atom. The lowest BCUT2D eigenvalue weighted by Crippen LogP contribution is -2.43. The van der Waals surface area contributed by atoms with Gasteiger partial charge in [-0.25, -0.2) is 0 Å². The molecular formula is C15H24N2. The molecule has 0 saturated heterocycles. The first-order valence-corrected chi connectivity index (χ1v) is 6.66. The molecule has 0 heterocycles. The fourth-order valence-electron chi connectivity index (χ4n) is 3.25. The zero-order valence-electron chi connectivity index (χ0n) is 11.1. The topological polar surface area (TPSA) is 29.3 Å². The predicted octanol–water partition coefficient (Wildman–Crippen LogP) is 2.87. The van der Waals surface area contributed by atoms with Crippen molar-refractivity contribution < 1.29 is 0 Å². The monoisotopic (exact) mass is 232 g/mol. The number of rotatable bonds is 3. The van der Waals surface area contributed by atoms with E-state index in [0.717, 1.165) is 0 Å². The summed E-state index contributed by atoms with van der Waals surface area (Å²) in [6, 6.07) is 8.69. The molecule has 1 aromatic carbocycles. The Kier molecular flexibility index (Phi) is 3.85. The van der Waals surface area contributed by atoms with Crippen LogP contribution in [0.2, 0.25) is 0 Å². The molecule has 17 heavy (non-hydrogen) atoms. The Hall–Kier alpha value is -0.860. The SMILES string of the molecule is CN(C)C1(c2ccccc2CN)CCCCC1. The van der Waals surface area contributed by atoms with E-state index in [1.807, 2.05) is 0 Å². The molecule has 0 bridgehead atoms. The van der Waals surface area contributed by atoms with Gasteiger partial charge in [0.15, 0.2) is 0 Å². The second kappa shape index (κ2) is 5.19. The van der Waals surface area contributed by atoms with Crippen molar-refractivity contribution in [3.8, 4) is 0 Å². The van der Waals surface area contributed by atoms with E-state index in [1.54, 1.807) is 0 Å². The summed E-state index contributed by atoms with van der Waals surface area (Å²) in [4.78, 5) is 2.40. The molecule has 94 valence electrons. The van der Waals surface area contributed by atoms with Gasteiger partial charge in [-0.3, -0.25) is 4.90 Å². The average Bonchev–Trinajstić information content (AvgIpc) is 2.39. The van der Waals surface area contributed by atoms with E-state index < -0.39 is 0 Å². The molecule has 1 aliphatic carbocycles. The van der Waals surface area contributed by atoms with Crippen molar-refractivity contribution in [1.29, 1.82) is 0 Å². The maximum Gasteiger partial charge on any atom is 0.0458 e. The Balaban J connectivity index is 2.44. The van der Waals surface area contributed by atoms with Crippen LogP contribution >= 0.6 is 0 Å². The lowest BCUT2D eigenvalue weighted by atomic mass is 9.74. The van der Waals surface area contributed by atoms with Crippen molar-refractivity contribution in [2.45, 2.75) is 44.2 Å². The molecule has 0 atom stereocenters. The van der Waals surface area contributed by atoms with Crippen LogP contribution in [-0.2, 0) is 12.1 Å². The highest BCUT2D eigenvalue weighted by Gasteiger charge is 2.36. The Labute approximate surface area is 105 Å². The van der Waals surface area contributed by atoms with Crippen LogP contribution in [0.5, 0.6) is 0 Å². The minimum absolute atomic E-state index is 0.216. The van der Waals surface area contributed by atoms with Gasteiger partial charge in [-0.1, -0.05) is 43.5 Å². The molecule has 0 aliphatic heterocycles. The average molecular weight is 232 g/mol. The second-order valence-electron chi connectivity index (χ2n) is 5.35. The fourth-order valence-corrected chi connectivity index (χ4v) is 3.25. The van der Waals surface area contributed by atoms with Gasteiger partial charge >= 0.3 is 0 Å². The van der Waals surface area contributed by atoms with E-state index in [9.17, 15) is 0 Å². The third-order valence-electron chi connectivity index (χ3n) is 4.28. The summed E-state index contributed by atoms with van der Waals surface area (Å²) in [5.41, 5.74) is 8.87. The second-order valence-corrected chi connectivity index (χ2v) is 5.35. The van der Waals surface area contributed by atoms with Gasteiger partial charge in [0.2, 0.25) is 0 Å². The Morgan fingerprint density at radius 2 is 1.76 bits per heavy atom. The van der Waals surface area contributed by atoms with Gasteiger partial charge in [0, 0.05) is 12.1 Å². The maximum absolute atomic E-state index is 5.90. The van der Waals surface area contributed by atoms with Crippen molar-refractivity contribution >= 4 is 0 Å². The molecule has 0 radical (unpaired) electrons. The van der Waals surface area contributed by atoms with Crippen molar-refractivity contribution in [1.82, 2.24) is 4.90 Å². The molecule has 2 nitrogen and oxygen atoms in total. The Bertz CT molecular complexity index is 365. The molecule has 1 saturated carbocycles. The minimum Gasteiger partial charge on any atom is -0.326 e. The van der Waals surface area contributed by atoms with Crippen LogP contribution in [0.4, 0.5) is 0 Å². The fraction of sp³-hybridized carbons (Fsp3) is 0.600. The van der Waals surface area contributed by atoms with E-state index in [4.69, 9.17) is 5.73 Å². The van der Waals surface area contributed by atoms with Crippen LogP contribution < -0.4 is 5.73 Å². The molecule has 2 heteroatoms. The van der Waals surface area contributed by atoms with E-state index in [1.165, 1.54) is 43.2 Å². The van der Waals surface area contributed by atoms with E-state index in [0.29, 0.717) is 6.54 Å². The van der Waals surface area contributed by atoms with Crippen LogP contribution in [-0.4, -0.2) is 19.0 Å². The van der Waals surface area contributed by atoms with Crippen LogP contribution in [0.3, 0.4) is 0 Å². The largest absolute Gasteiger partial charge is 0.326 e. The first-order valence-electron chi connectivity index (χ1n) is 6.66. The summed E-state index contributed by atoms with van der Waals surface area (Å²) in [5, 5.41) is 0. The van der Waals surface area contributed by atoms with Crippen LogP contribution in [0.1, 0.15) is 43.2 Å². The Morgan fingerprint density at radius 3 is 2.35 bits per heavy atom. The van der Waals surface area contributed by atoms with Crippen LogP contribution in [0.15, 0.2) is 24.3 Å². The van der Waals surface area contributed by atoms with Crippen LogP contribution in [0.25, 0.3) is 0 Å². The van der Waals surface area contributed by atoms with Gasteiger partial charge in [-0.15, -0.1) is 0 Å². The first-order chi connectivity index (χ1) is 8.20. The molecular weight excluding hydrogens is 208 g/mol. The molecule has 0 aromatic heterocycles. The van der Waals surface area contributed by atoms with Crippen molar-refractivity contribution in [3.63, 3.8) is 0 Å². The van der Waals surface area contributed by atoms with Gasteiger partial charge in [0.25, 0.3) is 0 Å². The quantitative estimate of drug-likeness (QED) is 0.868. The highest BCUT2D eigenvalue weighted by molar-refractivity contribution is 5.34. The highest BCUT2D eigenvalue weighted by atomic mass is 15.1. The number of hydrogen-bond acceptors (Lipinski definition) is 2. The van der Waals surface area contributed by atoms with Crippen molar-refractivity contribution in [2.24, 2.45) is 5.73 Å². The molecule has 1 aliphatic rings.